The van der Waals surface area contributed by atoms with E-state index in [2.05, 4.69) is 10.2 Å². The molecule has 1 atom stereocenters. The van der Waals surface area contributed by atoms with E-state index in [4.69, 9.17) is 9.25 Å². The maximum Gasteiger partial charge on any atom is 0.279 e. The van der Waals surface area contributed by atoms with Gasteiger partial charge in [0.25, 0.3) is 5.91 Å². The average molecular weight is 277 g/mol. The van der Waals surface area contributed by atoms with Crippen molar-refractivity contribution in [2.24, 2.45) is 0 Å². The molecule has 106 valence electrons. The van der Waals surface area contributed by atoms with Gasteiger partial charge in [0.1, 0.15) is 0 Å². The predicted octanol–water partition coefficient (Wildman–Crippen LogP) is 1.10. The monoisotopic (exact) mass is 277 g/mol. The first kappa shape index (κ1) is 14.2. The van der Waals surface area contributed by atoms with Crippen molar-refractivity contribution in [1.82, 2.24) is 15.3 Å². The zero-order valence-electron chi connectivity index (χ0n) is 11.4. The lowest BCUT2D eigenvalue weighted by Crippen LogP contribution is -2.30. The zero-order chi connectivity index (χ0) is 14.7. The summed E-state index contributed by atoms with van der Waals surface area (Å²) in [5.74, 6) is 0.318. The Hall–Kier alpha value is -2.25. The third-order valence-electron chi connectivity index (χ3n) is 2.82. The molecule has 1 heterocycles. The molecule has 0 bridgehead atoms. The molecule has 0 aliphatic rings. The van der Waals surface area contributed by atoms with Crippen LogP contribution in [0.15, 0.2) is 28.7 Å². The van der Waals surface area contributed by atoms with E-state index in [1.807, 2.05) is 0 Å². The van der Waals surface area contributed by atoms with Crippen LogP contribution < -0.4 is 0 Å². The minimum atomic E-state index is -1.28. The van der Waals surface area contributed by atoms with Crippen LogP contribution in [0.5, 0.6) is 0 Å². The number of hydrogen-bond donors (Lipinski definition) is 1. The van der Waals surface area contributed by atoms with Crippen LogP contribution in [0.2, 0.25) is 0 Å². The van der Waals surface area contributed by atoms with Crippen molar-refractivity contribution in [3.05, 3.63) is 35.7 Å². The number of benzene rings is 1. The third-order valence-corrected chi connectivity index (χ3v) is 2.82. The van der Waals surface area contributed by atoms with Gasteiger partial charge in [-0.05, 0) is 17.7 Å². The van der Waals surface area contributed by atoms with Crippen LogP contribution >= 0.6 is 0 Å². The molecule has 20 heavy (non-hydrogen) atoms. The molecule has 0 spiro atoms. The summed E-state index contributed by atoms with van der Waals surface area (Å²) < 4.78 is 5.29. The Labute approximate surface area is 115 Å². The number of aliphatic hydroxyl groups excluding tert-OH is 1. The lowest BCUT2D eigenvalue weighted by Gasteiger charge is -2.18. The van der Waals surface area contributed by atoms with E-state index in [1.54, 1.807) is 31.2 Å². The number of carbonyl (C=O) groups is 1. The van der Waals surface area contributed by atoms with E-state index in [0.717, 1.165) is 5.06 Å². The summed E-state index contributed by atoms with van der Waals surface area (Å²) in [7, 11) is 2.78. The van der Waals surface area contributed by atoms with E-state index in [9.17, 15) is 9.90 Å². The summed E-state index contributed by atoms with van der Waals surface area (Å²) in [6.45, 7) is 1.70. The van der Waals surface area contributed by atoms with Gasteiger partial charge in [0.2, 0.25) is 11.8 Å². The summed E-state index contributed by atoms with van der Waals surface area (Å²) in [6, 6.07) is 6.65. The van der Waals surface area contributed by atoms with Crippen LogP contribution in [0, 0.1) is 6.92 Å². The van der Waals surface area contributed by atoms with Gasteiger partial charge in [0.05, 0.1) is 7.11 Å². The molecule has 1 aromatic heterocycles. The van der Waals surface area contributed by atoms with Gasteiger partial charge in [-0.3, -0.25) is 9.63 Å². The predicted molar refractivity (Wildman–Crippen MR) is 69.2 cm³/mol. The maximum absolute atomic E-state index is 11.7. The minimum absolute atomic E-state index is 0.392. The highest BCUT2D eigenvalue weighted by Crippen LogP contribution is 2.21. The standard InChI is InChI=1S/C13H15N3O4/c1-8-14-15-12(20-8)10-6-4-9(5-7-10)11(17)13(18)16(2)19-3/h4-7,11,17H,1-3H3. The number of likely N-dealkylation sites (N-methyl/N-ethyl adjacent to an activating group) is 1. The van der Waals surface area contributed by atoms with Gasteiger partial charge in [-0.2, -0.15) is 0 Å². The number of hydroxylamine groups is 2. The Balaban J connectivity index is 2.18. The van der Waals surface area contributed by atoms with Crippen molar-refractivity contribution >= 4 is 5.91 Å². The number of hydrogen-bond acceptors (Lipinski definition) is 6. The fourth-order valence-corrected chi connectivity index (χ4v) is 1.63. The number of aryl methyl sites for hydroxylation is 1. The second-order valence-electron chi connectivity index (χ2n) is 4.17. The SMILES string of the molecule is CON(C)C(=O)C(O)c1ccc(-c2nnc(C)o2)cc1. The van der Waals surface area contributed by atoms with E-state index < -0.39 is 12.0 Å². The molecule has 0 saturated carbocycles. The van der Waals surface area contributed by atoms with Crippen LogP contribution in [0.3, 0.4) is 0 Å². The van der Waals surface area contributed by atoms with Gasteiger partial charge < -0.3 is 9.52 Å². The fraction of sp³-hybridized carbons (Fsp3) is 0.308. The van der Waals surface area contributed by atoms with Crippen LogP contribution in [-0.2, 0) is 9.63 Å². The Morgan fingerprint density at radius 1 is 1.35 bits per heavy atom. The molecule has 0 radical (unpaired) electrons. The third kappa shape index (κ3) is 2.84. The van der Waals surface area contributed by atoms with Gasteiger partial charge in [-0.25, -0.2) is 5.06 Å². The summed E-state index contributed by atoms with van der Waals surface area (Å²) in [5.41, 5.74) is 1.17. The van der Waals surface area contributed by atoms with Gasteiger partial charge in [-0.1, -0.05) is 12.1 Å². The first-order chi connectivity index (χ1) is 9.52. The Morgan fingerprint density at radius 2 is 2.00 bits per heavy atom. The molecular weight excluding hydrogens is 262 g/mol. The average Bonchev–Trinajstić information content (AvgIpc) is 2.91. The van der Waals surface area contributed by atoms with Gasteiger partial charge in [0.15, 0.2) is 6.10 Å². The van der Waals surface area contributed by atoms with E-state index >= 15 is 0 Å². The normalized spacial score (nSPS) is 12.2. The number of rotatable bonds is 4. The summed E-state index contributed by atoms with van der Waals surface area (Å²) in [4.78, 5) is 16.5. The van der Waals surface area contributed by atoms with Crippen molar-refractivity contribution < 1.29 is 19.2 Å². The zero-order valence-corrected chi connectivity index (χ0v) is 11.4. The molecule has 1 N–H and O–H groups in total. The number of amides is 1. The molecule has 0 saturated heterocycles. The number of carbonyl (C=O) groups excluding carboxylic acids is 1. The maximum atomic E-state index is 11.7. The van der Waals surface area contributed by atoms with E-state index in [1.165, 1.54) is 14.2 Å². The van der Waals surface area contributed by atoms with Crippen LogP contribution in [0.4, 0.5) is 0 Å². The molecule has 0 fully saturated rings. The fourth-order valence-electron chi connectivity index (χ4n) is 1.63. The second kappa shape index (κ2) is 5.81. The van der Waals surface area contributed by atoms with Crippen molar-refractivity contribution in [3.8, 4) is 11.5 Å². The first-order valence-corrected chi connectivity index (χ1v) is 5.93. The van der Waals surface area contributed by atoms with Crippen molar-refractivity contribution in [1.29, 1.82) is 0 Å². The molecule has 1 amide bonds. The Kier molecular flexibility index (Phi) is 4.11. The highest BCUT2D eigenvalue weighted by atomic mass is 16.7. The number of aliphatic hydroxyl groups is 1. The summed E-state index contributed by atoms with van der Waals surface area (Å²) in [6.07, 6.45) is -1.28. The summed E-state index contributed by atoms with van der Waals surface area (Å²) >= 11 is 0. The lowest BCUT2D eigenvalue weighted by atomic mass is 10.1. The highest BCUT2D eigenvalue weighted by molar-refractivity contribution is 5.81. The highest BCUT2D eigenvalue weighted by Gasteiger charge is 2.21. The minimum Gasteiger partial charge on any atom is -0.421 e. The molecular formula is C13H15N3O4. The van der Waals surface area contributed by atoms with Crippen molar-refractivity contribution in [2.45, 2.75) is 13.0 Å². The van der Waals surface area contributed by atoms with Crippen LogP contribution in [-0.4, -0.2) is 40.4 Å². The number of nitrogens with zero attached hydrogens (tertiary/aromatic N) is 3. The van der Waals surface area contributed by atoms with Gasteiger partial charge >= 0.3 is 0 Å². The molecule has 1 aromatic carbocycles. The second-order valence-corrected chi connectivity index (χ2v) is 4.17. The first-order valence-electron chi connectivity index (χ1n) is 5.93. The molecule has 2 rings (SSSR count). The summed E-state index contributed by atoms with van der Waals surface area (Å²) in [5, 5.41) is 18.5. The van der Waals surface area contributed by atoms with E-state index in [0.29, 0.717) is 22.9 Å². The smallest absolute Gasteiger partial charge is 0.279 e. The topological polar surface area (TPSA) is 88.7 Å². The molecule has 2 aromatic rings. The largest absolute Gasteiger partial charge is 0.421 e. The van der Waals surface area contributed by atoms with E-state index in [-0.39, 0.29) is 0 Å². The lowest BCUT2D eigenvalue weighted by molar-refractivity contribution is -0.178. The molecule has 0 aliphatic heterocycles. The Morgan fingerprint density at radius 3 is 2.50 bits per heavy atom. The van der Waals surface area contributed by atoms with Crippen molar-refractivity contribution in [3.63, 3.8) is 0 Å². The Bertz CT molecular complexity index is 594. The van der Waals surface area contributed by atoms with Gasteiger partial charge in [0, 0.05) is 19.5 Å². The van der Waals surface area contributed by atoms with Crippen LogP contribution in [0.25, 0.3) is 11.5 Å². The van der Waals surface area contributed by atoms with Crippen LogP contribution in [0.1, 0.15) is 17.6 Å². The number of aromatic nitrogens is 2. The molecule has 7 heteroatoms. The quantitative estimate of drug-likeness (QED) is 0.842. The molecule has 7 nitrogen and oxygen atoms in total. The molecule has 1 unspecified atom stereocenters. The van der Waals surface area contributed by atoms with Gasteiger partial charge in [-0.15, -0.1) is 10.2 Å². The molecule has 0 aliphatic carbocycles. The van der Waals surface area contributed by atoms with Crippen molar-refractivity contribution in [2.75, 3.05) is 14.2 Å².